The molecule has 130 valence electrons. The maximum absolute atomic E-state index is 12.1. The van der Waals surface area contributed by atoms with Crippen LogP contribution in [0, 0.1) is 0 Å². The van der Waals surface area contributed by atoms with Crippen molar-refractivity contribution in [1.29, 1.82) is 0 Å². The average molecular weight is 423 g/mol. The Morgan fingerprint density at radius 2 is 2.20 bits per heavy atom. The SMILES string of the molecule is COc1cccc(NC(=O)CSc2nnc(-c3ccc(Br)o3)n2C)c1. The van der Waals surface area contributed by atoms with E-state index < -0.39 is 0 Å². The third-order valence-corrected chi connectivity index (χ3v) is 4.76. The number of rotatable bonds is 6. The molecule has 0 atom stereocenters. The molecular weight excluding hydrogens is 408 g/mol. The third kappa shape index (κ3) is 4.23. The Kier molecular flexibility index (Phi) is 5.44. The Morgan fingerprint density at radius 1 is 1.36 bits per heavy atom. The Bertz CT molecular complexity index is 893. The Hall–Kier alpha value is -2.26. The van der Waals surface area contributed by atoms with Crippen LogP contribution in [0.25, 0.3) is 11.6 Å². The number of methoxy groups -OCH3 is 1. The van der Waals surface area contributed by atoms with E-state index in [2.05, 4.69) is 31.4 Å². The largest absolute Gasteiger partial charge is 0.497 e. The van der Waals surface area contributed by atoms with Crippen molar-refractivity contribution in [1.82, 2.24) is 14.8 Å². The summed E-state index contributed by atoms with van der Waals surface area (Å²) in [6.07, 6.45) is 0. The maximum atomic E-state index is 12.1. The predicted molar refractivity (Wildman–Crippen MR) is 98.8 cm³/mol. The van der Waals surface area contributed by atoms with Gasteiger partial charge in [0.15, 0.2) is 21.4 Å². The van der Waals surface area contributed by atoms with Gasteiger partial charge in [0.1, 0.15) is 5.75 Å². The Morgan fingerprint density at radius 3 is 2.92 bits per heavy atom. The van der Waals surface area contributed by atoms with Gasteiger partial charge in [-0.25, -0.2) is 0 Å². The number of nitrogens with zero attached hydrogens (tertiary/aromatic N) is 3. The number of halogens is 1. The van der Waals surface area contributed by atoms with Crippen molar-refractivity contribution in [3.05, 3.63) is 41.1 Å². The van der Waals surface area contributed by atoms with Crippen LogP contribution in [-0.2, 0) is 11.8 Å². The summed E-state index contributed by atoms with van der Waals surface area (Å²) in [5, 5.41) is 11.7. The third-order valence-electron chi connectivity index (χ3n) is 3.31. The molecule has 0 saturated carbocycles. The fraction of sp³-hybridized carbons (Fsp3) is 0.188. The maximum Gasteiger partial charge on any atom is 0.234 e. The molecule has 1 N–H and O–H groups in total. The molecule has 0 aliphatic carbocycles. The number of benzene rings is 1. The van der Waals surface area contributed by atoms with Crippen LogP contribution in [0.2, 0.25) is 0 Å². The van der Waals surface area contributed by atoms with Gasteiger partial charge in [-0.2, -0.15) is 0 Å². The van der Waals surface area contributed by atoms with Crippen LogP contribution in [0.4, 0.5) is 5.69 Å². The molecule has 2 aromatic heterocycles. The lowest BCUT2D eigenvalue weighted by Gasteiger charge is -2.07. The minimum absolute atomic E-state index is 0.136. The van der Waals surface area contributed by atoms with Gasteiger partial charge in [0.05, 0.1) is 12.9 Å². The van der Waals surface area contributed by atoms with Gasteiger partial charge in [-0.1, -0.05) is 17.8 Å². The first-order chi connectivity index (χ1) is 12.1. The normalized spacial score (nSPS) is 10.7. The van der Waals surface area contributed by atoms with E-state index in [0.717, 1.165) is 0 Å². The molecule has 0 bridgehead atoms. The summed E-state index contributed by atoms with van der Waals surface area (Å²) in [4.78, 5) is 12.1. The van der Waals surface area contributed by atoms with Gasteiger partial charge >= 0.3 is 0 Å². The van der Waals surface area contributed by atoms with E-state index in [9.17, 15) is 4.79 Å². The number of hydrogen-bond acceptors (Lipinski definition) is 6. The zero-order valence-corrected chi connectivity index (χ0v) is 15.9. The van der Waals surface area contributed by atoms with Crippen LogP contribution in [0.3, 0.4) is 0 Å². The van der Waals surface area contributed by atoms with E-state index >= 15 is 0 Å². The van der Waals surface area contributed by atoms with Crippen molar-refractivity contribution < 1.29 is 13.9 Å². The number of amides is 1. The molecular formula is C16H15BrN4O3S. The van der Waals surface area contributed by atoms with Crippen LogP contribution in [0.5, 0.6) is 5.75 Å². The van der Waals surface area contributed by atoms with E-state index in [4.69, 9.17) is 9.15 Å². The minimum atomic E-state index is -0.136. The van der Waals surface area contributed by atoms with Crippen LogP contribution < -0.4 is 10.1 Å². The molecule has 0 spiro atoms. The lowest BCUT2D eigenvalue weighted by molar-refractivity contribution is -0.113. The summed E-state index contributed by atoms with van der Waals surface area (Å²) < 4.78 is 13.0. The van der Waals surface area contributed by atoms with Gasteiger partial charge in [-0.15, -0.1) is 10.2 Å². The predicted octanol–water partition coefficient (Wildman–Crippen LogP) is 3.58. The summed E-state index contributed by atoms with van der Waals surface area (Å²) in [6, 6.07) is 10.8. The first-order valence-electron chi connectivity index (χ1n) is 7.28. The van der Waals surface area contributed by atoms with Gasteiger partial charge in [0, 0.05) is 18.8 Å². The summed E-state index contributed by atoms with van der Waals surface area (Å²) >= 11 is 4.56. The van der Waals surface area contributed by atoms with Crippen LogP contribution in [0.1, 0.15) is 0 Å². The topological polar surface area (TPSA) is 82.2 Å². The molecule has 9 heteroatoms. The molecule has 0 unspecified atom stereocenters. The van der Waals surface area contributed by atoms with Crippen molar-refractivity contribution in [2.75, 3.05) is 18.2 Å². The smallest absolute Gasteiger partial charge is 0.234 e. The number of furan rings is 1. The molecule has 0 saturated heterocycles. The molecule has 3 rings (SSSR count). The molecule has 3 aromatic rings. The number of aromatic nitrogens is 3. The minimum Gasteiger partial charge on any atom is -0.497 e. The second-order valence-corrected chi connectivity index (χ2v) is 6.76. The van der Waals surface area contributed by atoms with Gasteiger partial charge in [-0.05, 0) is 40.2 Å². The molecule has 0 radical (unpaired) electrons. The van der Waals surface area contributed by atoms with Gasteiger partial charge in [0.25, 0.3) is 0 Å². The zero-order chi connectivity index (χ0) is 17.8. The molecule has 2 heterocycles. The summed E-state index contributed by atoms with van der Waals surface area (Å²) in [7, 11) is 3.41. The molecule has 0 fully saturated rings. The van der Waals surface area contributed by atoms with Crippen LogP contribution >= 0.6 is 27.7 Å². The lowest BCUT2D eigenvalue weighted by atomic mass is 10.3. The molecule has 7 nitrogen and oxygen atoms in total. The number of hydrogen-bond donors (Lipinski definition) is 1. The van der Waals surface area contributed by atoms with Crippen molar-refractivity contribution in [2.24, 2.45) is 7.05 Å². The van der Waals surface area contributed by atoms with Gasteiger partial charge in [-0.3, -0.25) is 4.79 Å². The molecule has 0 aliphatic heterocycles. The van der Waals surface area contributed by atoms with E-state index in [-0.39, 0.29) is 11.7 Å². The number of carbonyl (C=O) groups is 1. The highest BCUT2D eigenvalue weighted by atomic mass is 79.9. The first-order valence-corrected chi connectivity index (χ1v) is 9.06. The van der Waals surface area contributed by atoms with Crippen molar-refractivity contribution in [3.8, 4) is 17.3 Å². The van der Waals surface area contributed by atoms with Gasteiger partial charge < -0.3 is 19.0 Å². The van der Waals surface area contributed by atoms with E-state index in [1.807, 2.05) is 19.2 Å². The highest BCUT2D eigenvalue weighted by Gasteiger charge is 2.15. The fourth-order valence-electron chi connectivity index (χ4n) is 2.12. The number of anilines is 1. The van der Waals surface area contributed by atoms with Crippen molar-refractivity contribution in [2.45, 2.75) is 5.16 Å². The molecule has 1 aromatic carbocycles. The number of carbonyl (C=O) groups excluding carboxylic acids is 1. The number of thioether (sulfide) groups is 1. The zero-order valence-electron chi connectivity index (χ0n) is 13.5. The summed E-state index contributed by atoms with van der Waals surface area (Å²) in [5.41, 5.74) is 0.684. The highest BCUT2D eigenvalue weighted by molar-refractivity contribution is 9.10. The Labute approximate surface area is 156 Å². The van der Waals surface area contributed by atoms with Crippen LogP contribution in [0.15, 0.2) is 50.6 Å². The molecule has 0 aliphatic rings. The van der Waals surface area contributed by atoms with E-state index in [1.165, 1.54) is 11.8 Å². The summed E-state index contributed by atoms with van der Waals surface area (Å²) in [6.45, 7) is 0. The number of nitrogens with one attached hydrogen (secondary N) is 1. The number of ether oxygens (including phenoxy) is 1. The second kappa shape index (κ2) is 7.75. The van der Waals surface area contributed by atoms with E-state index in [0.29, 0.717) is 32.8 Å². The average Bonchev–Trinajstić information content (AvgIpc) is 3.19. The highest BCUT2D eigenvalue weighted by Crippen LogP contribution is 2.26. The standard InChI is InChI=1S/C16H15BrN4O3S/c1-21-15(12-6-7-13(17)24-12)19-20-16(21)25-9-14(22)18-10-4-3-5-11(8-10)23-2/h3-8H,9H2,1-2H3,(H,18,22). The molecule has 1 amide bonds. The summed E-state index contributed by atoms with van der Waals surface area (Å²) in [5.74, 6) is 1.97. The molecule has 25 heavy (non-hydrogen) atoms. The second-order valence-electron chi connectivity index (χ2n) is 5.04. The van der Waals surface area contributed by atoms with Gasteiger partial charge in [0.2, 0.25) is 5.91 Å². The lowest BCUT2D eigenvalue weighted by Crippen LogP contribution is -2.14. The van der Waals surface area contributed by atoms with Crippen molar-refractivity contribution >= 4 is 39.3 Å². The van der Waals surface area contributed by atoms with Crippen molar-refractivity contribution in [3.63, 3.8) is 0 Å². The quantitative estimate of drug-likeness (QED) is 0.611. The van der Waals surface area contributed by atoms with Crippen LogP contribution in [-0.4, -0.2) is 33.5 Å². The monoisotopic (exact) mass is 422 g/mol. The fourth-order valence-corrected chi connectivity index (χ4v) is 3.14. The first kappa shape index (κ1) is 17.6. The van der Waals surface area contributed by atoms with E-state index in [1.54, 1.807) is 35.9 Å². The Balaban J connectivity index is 1.61.